The molecule has 1 amide bonds. The number of likely N-dealkylation sites (tertiary alicyclic amines) is 1. The molecule has 0 radical (unpaired) electrons. The van der Waals surface area contributed by atoms with Crippen molar-refractivity contribution in [3.63, 3.8) is 0 Å². The number of piperidine rings is 1. The van der Waals surface area contributed by atoms with Crippen LogP contribution in [0.15, 0.2) is 0 Å². The molecule has 1 rings (SSSR count). The number of carboxylic acid groups (broad SMARTS) is 1. The number of carbonyl (C=O) groups excluding carboxylic acids is 1. The van der Waals surface area contributed by atoms with Gasteiger partial charge in [-0.25, -0.2) is 0 Å². The fraction of sp³-hybridized carbons (Fsp3) is 0.800. The van der Waals surface area contributed by atoms with Crippen LogP contribution in [0.5, 0.6) is 0 Å². The molecule has 14 heavy (non-hydrogen) atoms. The van der Waals surface area contributed by atoms with Gasteiger partial charge in [0, 0.05) is 19.5 Å². The van der Waals surface area contributed by atoms with E-state index in [1.54, 1.807) is 4.90 Å². The Labute approximate surface area is 83.9 Å². The van der Waals surface area contributed by atoms with Gasteiger partial charge in [0.15, 0.2) is 0 Å². The second kappa shape index (κ2) is 4.98. The molecule has 1 saturated heterocycles. The summed E-state index contributed by atoms with van der Waals surface area (Å²) in [5, 5.41) is 8.43. The molecule has 80 valence electrons. The monoisotopic (exact) mass is 199 g/mol. The fourth-order valence-corrected chi connectivity index (χ4v) is 1.63. The van der Waals surface area contributed by atoms with Crippen molar-refractivity contribution < 1.29 is 14.7 Å². The highest BCUT2D eigenvalue weighted by atomic mass is 16.4. The summed E-state index contributed by atoms with van der Waals surface area (Å²) in [6, 6.07) is 0. The number of carboxylic acids is 1. The zero-order chi connectivity index (χ0) is 10.6. The minimum atomic E-state index is -0.899. The number of amides is 1. The van der Waals surface area contributed by atoms with Crippen LogP contribution in [0.3, 0.4) is 0 Å². The lowest BCUT2D eigenvalue weighted by molar-refractivity contribution is -0.141. The molecule has 0 aromatic rings. The molecule has 1 aliphatic rings. The highest BCUT2D eigenvalue weighted by Crippen LogP contribution is 2.16. The van der Waals surface area contributed by atoms with Crippen LogP contribution in [0.1, 0.15) is 32.6 Å². The van der Waals surface area contributed by atoms with E-state index in [-0.39, 0.29) is 18.7 Å². The van der Waals surface area contributed by atoms with E-state index >= 15 is 0 Å². The molecule has 1 aliphatic heterocycles. The minimum absolute atomic E-state index is 0.0145. The smallest absolute Gasteiger partial charge is 0.303 e. The lowest BCUT2D eigenvalue weighted by atomic mass is 9.99. The largest absolute Gasteiger partial charge is 0.481 e. The SMILES string of the molecule is CC1CCN(C(=O)CCC(=O)O)CC1. The molecule has 0 aromatic carbocycles. The molecule has 0 spiro atoms. The summed E-state index contributed by atoms with van der Waals surface area (Å²) >= 11 is 0. The van der Waals surface area contributed by atoms with Crippen LogP contribution in [0.4, 0.5) is 0 Å². The summed E-state index contributed by atoms with van der Waals surface area (Å²) in [6.45, 7) is 3.76. The first-order chi connectivity index (χ1) is 6.59. The Morgan fingerprint density at radius 3 is 2.36 bits per heavy atom. The standard InChI is InChI=1S/C10H17NO3/c1-8-4-6-11(7-5-8)9(12)2-3-10(13)14/h8H,2-7H2,1H3,(H,13,14). The first kappa shape index (κ1) is 11.0. The first-order valence-corrected chi connectivity index (χ1v) is 5.09. The molecule has 1 heterocycles. The van der Waals surface area contributed by atoms with E-state index in [2.05, 4.69) is 6.92 Å². The van der Waals surface area contributed by atoms with Crippen molar-refractivity contribution in [2.24, 2.45) is 5.92 Å². The Hall–Kier alpha value is -1.06. The summed E-state index contributed by atoms with van der Waals surface area (Å²) in [6.07, 6.45) is 2.17. The van der Waals surface area contributed by atoms with E-state index in [9.17, 15) is 9.59 Å². The maximum atomic E-state index is 11.5. The van der Waals surface area contributed by atoms with Gasteiger partial charge >= 0.3 is 5.97 Å². The molecule has 0 saturated carbocycles. The van der Waals surface area contributed by atoms with E-state index in [1.165, 1.54) is 0 Å². The molecule has 4 nitrogen and oxygen atoms in total. The first-order valence-electron chi connectivity index (χ1n) is 5.09. The fourth-order valence-electron chi connectivity index (χ4n) is 1.63. The van der Waals surface area contributed by atoms with Crippen molar-refractivity contribution in [2.45, 2.75) is 32.6 Å². The maximum absolute atomic E-state index is 11.5. The van der Waals surface area contributed by atoms with Gasteiger partial charge in [-0.1, -0.05) is 6.92 Å². The van der Waals surface area contributed by atoms with Crippen LogP contribution in [-0.2, 0) is 9.59 Å². The Kier molecular flexibility index (Phi) is 3.92. The molecule has 0 aromatic heterocycles. The highest BCUT2D eigenvalue weighted by Gasteiger charge is 2.20. The van der Waals surface area contributed by atoms with Crippen molar-refractivity contribution in [1.29, 1.82) is 0 Å². The molecule has 4 heteroatoms. The van der Waals surface area contributed by atoms with Crippen LogP contribution >= 0.6 is 0 Å². The zero-order valence-corrected chi connectivity index (χ0v) is 8.53. The Morgan fingerprint density at radius 1 is 1.29 bits per heavy atom. The predicted molar refractivity (Wildman–Crippen MR) is 51.8 cm³/mol. The number of hydrogen-bond acceptors (Lipinski definition) is 2. The van der Waals surface area contributed by atoms with Crippen molar-refractivity contribution in [2.75, 3.05) is 13.1 Å². The summed E-state index contributed by atoms with van der Waals surface area (Å²) in [4.78, 5) is 23.5. The van der Waals surface area contributed by atoms with Gasteiger partial charge in [0.1, 0.15) is 0 Å². The van der Waals surface area contributed by atoms with E-state index in [0.29, 0.717) is 5.92 Å². The Balaban J connectivity index is 2.27. The van der Waals surface area contributed by atoms with Crippen molar-refractivity contribution in [1.82, 2.24) is 4.90 Å². The molecule has 1 fully saturated rings. The van der Waals surface area contributed by atoms with Crippen LogP contribution < -0.4 is 0 Å². The van der Waals surface area contributed by atoms with Crippen molar-refractivity contribution in [3.05, 3.63) is 0 Å². The number of aliphatic carboxylic acids is 1. The zero-order valence-electron chi connectivity index (χ0n) is 8.53. The number of nitrogens with zero attached hydrogens (tertiary/aromatic N) is 1. The topological polar surface area (TPSA) is 57.6 Å². The van der Waals surface area contributed by atoms with Gasteiger partial charge < -0.3 is 10.0 Å². The average molecular weight is 199 g/mol. The van der Waals surface area contributed by atoms with Crippen molar-refractivity contribution >= 4 is 11.9 Å². The molecule has 1 N–H and O–H groups in total. The van der Waals surface area contributed by atoms with E-state index in [4.69, 9.17) is 5.11 Å². The lowest BCUT2D eigenvalue weighted by Crippen LogP contribution is -2.37. The Bertz CT molecular complexity index is 219. The normalized spacial score (nSPS) is 18.2. The highest BCUT2D eigenvalue weighted by molar-refractivity contribution is 5.80. The molecular formula is C10H17NO3. The molecule has 0 bridgehead atoms. The summed E-state index contributed by atoms with van der Waals surface area (Å²) < 4.78 is 0. The Morgan fingerprint density at radius 2 is 1.86 bits per heavy atom. The third-order valence-electron chi connectivity index (χ3n) is 2.69. The van der Waals surface area contributed by atoms with Crippen LogP contribution in [0, 0.1) is 5.92 Å². The van der Waals surface area contributed by atoms with E-state index in [0.717, 1.165) is 25.9 Å². The van der Waals surface area contributed by atoms with Gasteiger partial charge in [-0.15, -0.1) is 0 Å². The maximum Gasteiger partial charge on any atom is 0.303 e. The summed E-state index contributed by atoms with van der Waals surface area (Å²) in [5.74, 6) is -0.221. The molecule has 0 aliphatic carbocycles. The van der Waals surface area contributed by atoms with Gasteiger partial charge in [0.25, 0.3) is 0 Å². The van der Waals surface area contributed by atoms with E-state index < -0.39 is 5.97 Å². The average Bonchev–Trinajstić information content (AvgIpc) is 2.15. The van der Waals surface area contributed by atoms with Crippen LogP contribution in [0.25, 0.3) is 0 Å². The van der Waals surface area contributed by atoms with Crippen molar-refractivity contribution in [3.8, 4) is 0 Å². The van der Waals surface area contributed by atoms with Gasteiger partial charge in [-0.3, -0.25) is 9.59 Å². The summed E-state index contributed by atoms with van der Waals surface area (Å²) in [7, 11) is 0. The van der Waals surface area contributed by atoms with E-state index in [1.807, 2.05) is 0 Å². The predicted octanol–water partition coefficient (Wildman–Crippen LogP) is 1.11. The quantitative estimate of drug-likeness (QED) is 0.740. The second-order valence-electron chi connectivity index (χ2n) is 3.96. The minimum Gasteiger partial charge on any atom is -0.481 e. The third kappa shape index (κ3) is 3.36. The van der Waals surface area contributed by atoms with Crippen LogP contribution in [0.2, 0.25) is 0 Å². The number of rotatable bonds is 3. The van der Waals surface area contributed by atoms with Crippen LogP contribution in [-0.4, -0.2) is 35.0 Å². The molecular weight excluding hydrogens is 182 g/mol. The van der Waals surface area contributed by atoms with Gasteiger partial charge in [0.05, 0.1) is 6.42 Å². The molecule has 0 atom stereocenters. The summed E-state index contributed by atoms with van der Waals surface area (Å²) in [5.41, 5.74) is 0. The molecule has 0 unspecified atom stereocenters. The third-order valence-corrected chi connectivity index (χ3v) is 2.69. The van der Waals surface area contributed by atoms with Gasteiger partial charge in [-0.2, -0.15) is 0 Å². The number of carbonyl (C=O) groups is 2. The second-order valence-corrected chi connectivity index (χ2v) is 3.96. The lowest BCUT2D eigenvalue weighted by Gasteiger charge is -2.30. The van der Waals surface area contributed by atoms with Gasteiger partial charge in [-0.05, 0) is 18.8 Å². The number of hydrogen-bond donors (Lipinski definition) is 1. The van der Waals surface area contributed by atoms with Gasteiger partial charge in [0.2, 0.25) is 5.91 Å².